The van der Waals surface area contributed by atoms with Crippen LogP contribution >= 0.6 is 23.2 Å². The van der Waals surface area contributed by atoms with Gasteiger partial charge in [-0.15, -0.1) is 0 Å². The van der Waals surface area contributed by atoms with Gasteiger partial charge in [0.15, 0.2) is 0 Å². The predicted octanol–water partition coefficient (Wildman–Crippen LogP) is 6.37. The Kier molecular flexibility index (Phi) is 7.93. The van der Waals surface area contributed by atoms with Gasteiger partial charge in [0, 0.05) is 28.9 Å². The van der Waals surface area contributed by atoms with Crippen LogP contribution in [-0.2, 0) is 14.9 Å². The lowest BCUT2D eigenvalue weighted by Crippen LogP contribution is -2.50. The van der Waals surface area contributed by atoms with Crippen molar-refractivity contribution in [1.29, 1.82) is 0 Å². The average molecular weight is 527 g/mol. The molecule has 4 atom stereocenters. The molecule has 3 rings (SSSR count). The number of nitrogens with one attached hydrogen (secondary N) is 1. The van der Waals surface area contributed by atoms with Gasteiger partial charge >= 0.3 is 5.97 Å². The van der Waals surface area contributed by atoms with E-state index in [1.54, 1.807) is 45.0 Å². The van der Waals surface area contributed by atoms with Crippen LogP contribution in [0.4, 0.5) is 8.78 Å². The van der Waals surface area contributed by atoms with E-state index in [0.717, 1.165) is 0 Å². The number of hydrogen-bond acceptors (Lipinski definition) is 4. The third kappa shape index (κ3) is 5.66. The highest BCUT2D eigenvalue weighted by Crippen LogP contribution is 2.52. The molecule has 0 amide bonds. The molecule has 1 saturated heterocycles. The number of benzene rings is 2. The SMILES string of the molecule is CC(C)(C)C[C@H]1N[C@H](C(=O)OC(C)(C)C)[C@@H](c2cccc(Cl)c2F)[C@]1(CN)c1ccc(Cl)cc1F. The molecule has 0 aliphatic carbocycles. The zero-order chi connectivity index (χ0) is 26.3. The van der Waals surface area contributed by atoms with Gasteiger partial charge in [0.1, 0.15) is 23.3 Å². The smallest absolute Gasteiger partial charge is 0.324 e. The Balaban J connectivity index is 2.35. The number of carbonyl (C=O) groups is 1. The van der Waals surface area contributed by atoms with Crippen LogP contribution < -0.4 is 11.1 Å². The van der Waals surface area contributed by atoms with E-state index in [1.807, 2.05) is 20.8 Å². The summed E-state index contributed by atoms with van der Waals surface area (Å²) in [5.74, 6) is -2.70. The Bertz CT molecular complexity index is 1100. The minimum Gasteiger partial charge on any atom is -0.459 e. The standard InChI is InChI=1S/C27H34Cl2F2N2O2/c1-25(2,3)13-20-27(14-32,17-11-10-15(28)12-19(17)30)21(16-8-7-9-18(29)22(16)31)23(33-20)24(34)35-26(4,5)6/h7-12,20-21,23,33H,13-14,32H2,1-6H3/t20-,21-,23+,27-/m1/s1. The van der Waals surface area contributed by atoms with Crippen LogP contribution in [0.2, 0.25) is 10.0 Å². The maximum atomic E-state index is 15.6. The summed E-state index contributed by atoms with van der Waals surface area (Å²) in [6, 6.07) is 7.52. The number of carbonyl (C=O) groups excluding carboxylic acids is 1. The first-order chi connectivity index (χ1) is 16.1. The molecule has 0 spiro atoms. The number of halogens is 4. The molecule has 2 aromatic rings. The molecule has 3 N–H and O–H groups in total. The number of esters is 1. The highest BCUT2D eigenvalue weighted by atomic mass is 35.5. The molecule has 0 unspecified atom stereocenters. The second-order valence-corrected chi connectivity index (χ2v) is 12.3. The largest absolute Gasteiger partial charge is 0.459 e. The molecule has 0 bridgehead atoms. The Hall–Kier alpha value is -1.73. The maximum absolute atomic E-state index is 15.6. The Labute approximate surface area is 216 Å². The van der Waals surface area contributed by atoms with Crippen molar-refractivity contribution in [3.05, 3.63) is 69.2 Å². The fourth-order valence-electron chi connectivity index (χ4n) is 5.22. The van der Waals surface area contributed by atoms with Gasteiger partial charge in [0.05, 0.1) is 5.02 Å². The Morgan fingerprint density at radius 2 is 1.77 bits per heavy atom. The molecule has 35 heavy (non-hydrogen) atoms. The number of nitrogens with two attached hydrogens (primary N) is 1. The van der Waals surface area contributed by atoms with Gasteiger partial charge in [-0.1, -0.05) is 62.2 Å². The normalized spacial score (nSPS) is 25.1. The van der Waals surface area contributed by atoms with E-state index in [0.29, 0.717) is 6.42 Å². The quantitative estimate of drug-likeness (QED) is 0.444. The van der Waals surface area contributed by atoms with Crippen LogP contribution in [0.5, 0.6) is 0 Å². The first kappa shape index (κ1) is 27.9. The van der Waals surface area contributed by atoms with E-state index in [2.05, 4.69) is 5.32 Å². The van der Waals surface area contributed by atoms with Crippen molar-refractivity contribution in [2.75, 3.05) is 6.54 Å². The summed E-state index contributed by atoms with van der Waals surface area (Å²) in [5, 5.41) is 3.52. The molecule has 2 aromatic carbocycles. The van der Waals surface area contributed by atoms with Crippen molar-refractivity contribution in [3.63, 3.8) is 0 Å². The predicted molar refractivity (Wildman–Crippen MR) is 137 cm³/mol. The fraction of sp³-hybridized carbons (Fsp3) is 0.519. The molecule has 1 aliphatic heterocycles. The third-order valence-electron chi connectivity index (χ3n) is 6.45. The fourth-order valence-corrected chi connectivity index (χ4v) is 5.56. The topological polar surface area (TPSA) is 64.3 Å². The summed E-state index contributed by atoms with van der Waals surface area (Å²) in [4.78, 5) is 13.5. The van der Waals surface area contributed by atoms with Gasteiger partial charge < -0.3 is 15.8 Å². The van der Waals surface area contributed by atoms with E-state index in [1.165, 1.54) is 12.1 Å². The van der Waals surface area contributed by atoms with E-state index < -0.39 is 46.6 Å². The second-order valence-electron chi connectivity index (χ2n) is 11.5. The highest BCUT2D eigenvalue weighted by Gasteiger charge is 2.60. The van der Waals surface area contributed by atoms with Crippen molar-refractivity contribution in [3.8, 4) is 0 Å². The van der Waals surface area contributed by atoms with Crippen LogP contribution in [-0.4, -0.2) is 30.2 Å². The van der Waals surface area contributed by atoms with E-state index >= 15 is 8.78 Å². The van der Waals surface area contributed by atoms with Crippen molar-refractivity contribution < 1.29 is 18.3 Å². The lowest BCUT2D eigenvalue weighted by atomic mass is 9.62. The zero-order valence-electron chi connectivity index (χ0n) is 21.0. The number of hydrogen-bond donors (Lipinski definition) is 2. The van der Waals surface area contributed by atoms with E-state index in [-0.39, 0.29) is 33.1 Å². The van der Waals surface area contributed by atoms with Crippen molar-refractivity contribution in [2.24, 2.45) is 11.1 Å². The third-order valence-corrected chi connectivity index (χ3v) is 6.98. The van der Waals surface area contributed by atoms with Gasteiger partial charge in [-0.3, -0.25) is 4.79 Å². The van der Waals surface area contributed by atoms with Crippen LogP contribution in [0, 0.1) is 17.0 Å². The second kappa shape index (κ2) is 9.97. The lowest BCUT2D eigenvalue weighted by molar-refractivity contribution is -0.157. The van der Waals surface area contributed by atoms with E-state index in [4.69, 9.17) is 33.7 Å². The Morgan fingerprint density at radius 3 is 2.31 bits per heavy atom. The van der Waals surface area contributed by atoms with Gasteiger partial charge in [-0.05, 0) is 61.9 Å². The summed E-state index contributed by atoms with van der Waals surface area (Å²) < 4.78 is 36.9. The number of ether oxygens (including phenoxy) is 1. The van der Waals surface area contributed by atoms with Crippen LogP contribution in [0.3, 0.4) is 0 Å². The lowest BCUT2D eigenvalue weighted by Gasteiger charge is -2.42. The molecule has 192 valence electrons. The first-order valence-electron chi connectivity index (χ1n) is 11.7. The first-order valence-corrected chi connectivity index (χ1v) is 12.4. The van der Waals surface area contributed by atoms with Crippen LogP contribution in [0.1, 0.15) is 65.0 Å². The average Bonchev–Trinajstić information content (AvgIpc) is 3.02. The molecule has 8 heteroatoms. The summed E-state index contributed by atoms with van der Waals surface area (Å²) >= 11 is 12.2. The molecule has 0 radical (unpaired) electrons. The zero-order valence-corrected chi connectivity index (χ0v) is 22.5. The van der Waals surface area contributed by atoms with Crippen LogP contribution in [0.25, 0.3) is 0 Å². The summed E-state index contributed by atoms with van der Waals surface area (Å²) in [6.45, 7) is 11.4. The Morgan fingerprint density at radius 1 is 1.11 bits per heavy atom. The molecule has 0 saturated carbocycles. The minimum absolute atomic E-state index is 0.0603. The molecular weight excluding hydrogens is 493 g/mol. The van der Waals surface area contributed by atoms with Crippen molar-refractivity contribution in [2.45, 2.75) is 77.0 Å². The van der Waals surface area contributed by atoms with Crippen molar-refractivity contribution in [1.82, 2.24) is 5.32 Å². The molecule has 1 aliphatic rings. The molecule has 1 fully saturated rings. The van der Waals surface area contributed by atoms with Crippen LogP contribution in [0.15, 0.2) is 36.4 Å². The highest BCUT2D eigenvalue weighted by molar-refractivity contribution is 6.31. The van der Waals surface area contributed by atoms with E-state index in [9.17, 15) is 4.79 Å². The molecule has 4 nitrogen and oxygen atoms in total. The maximum Gasteiger partial charge on any atom is 0.324 e. The molecule has 0 aromatic heterocycles. The van der Waals surface area contributed by atoms with Gasteiger partial charge in [0.2, 0.25) is 0 Å². The monoisotopic (exact) mass is 526 g/mol. The molecular formula is C27H34Cl2F2N2O2. The summed E-state index contributed by atoms with van der Waals surface area (Å²) in [7, 11) is 0. The van der Waals surface area contributed by atoms with Crippen molar-refractivity contribution >= 4 is 29.2 Å². The summed E-state index contributed by atoms with van der Waals surface area (Å²) in [6.07, 6.45) is 0.532. The summed E-state index contributed by atoms with van der Waals surface area (Å²) in [5.41, 5.74) is 4.72. The molecule has 1 heterocycles. The van der Waals surface area contributed by atoms with Gasteiger partial charge in [-0.25, -0.2) is 8.78 Å². The van der Waals surface area contributed by atoms with Gasteiger partial charge in [-0.2, -0.15) is 0 Å². The number of rotatable bonds is 5. The van der Waals surface area contributed by atoms with Gasteiger partial charge in [0.25, 0.3) is 0 Å². The minimum atomic E-state index is -1.20.